The lowest BCUT2D eigenvalue weighted by Gasteiger charge is -2.37. The van der Waals surface area contributed by atoms with Crippen molar-refractivity contribution in [3.8, 4) is 0 Å². The van der Waals surface area contributed by atoms with Gasteiger partial charge in [-0.1, -0.05) is 68.5 Å². The summed E-state index contributed by atoms with van der Waals surface area (Å²) in [4.78, 5) is 14.9. The molecule has 2 N–H and O–H groups in total. The Hall–Kier alpha value is -3.14. The highest BCUT2D eigenvalue weighted by atomic mass is 19.1. The van der Waals surface area contributed by atoms with Crippen LogP contribution in [0.5, 0.6) is 0 Å². The number of primary amides is 1. The van der Waals surface area contributed by atoms with Crippen molar-refractivity contribution in [3.63, 3.8) is 0 Å². The quantitative estimate of drug-likeness (QED) is 0.404. The SMILES string of the molecule is C=C(Cc1ccc(C2=CC(CCc3ccc(F)cc3)N(C)C(CC(C)C)=C2C(N)=O)cc1)C1CC1. The summed E-state index contributed by atoms with van der Waals surface area (Å²) < 4.78 is 13.3. The summed E-state index contributed by atoms with van der Waals surface area (Å²) in [6, 6.07) is 15.3. The van der Waals surface area contributed by atoms with Crippen molar-refractivity contribution in [1.29, 1.82) is 0 Å². The Balaban J connectivity index is 1.64. The Kier molecular flexibility index (Phi) is 7.59. The maximum atomic E-state index is 13.3. The summed E-state index contributed by atoms with van der Waals surface area (Å²) in [5.41, 5.74) is 13.2. The van der Waals surface area contributed by atoms with Crippen molar-refractivity contribution in [2.75, 3.05) is 7.05 Å². The summed E-state index contributed by atoms with van der Waals surface area (Å²) in [5, 5.41) is 0. The van der Waals surface area contributed by atoms with Crippen LogP contribution in [0.15, 0.2) is 78.0 Å². The average molecular weight is 473 g/mol. The molecule has 1 atom stereocenters. The molecule has 2 aromatic carbocycles. The van der Waals surface area contributed by atoms with Gasteiger partial charge in [-0.3, -0.25) is 4.79 Å². The topological polar surface area (TPSA) is 46.3 Å². The lowest BCUT2D eigenvalue weighted by molar-refractivity contribution is -0.114. The van der Waals surface area contributed by atoms with Gasteiger partial charge in [0.2, 0.25) is 0 Å². The molecule has 1 saturated carbocycles. The Morgan fingerprint density at radius 3 is 2.29 bits per heavy atom. The second-order valence-electron chi connectivity index (χ2n) is 10.5. The first-order chi connectivity index (χ1) is 16.7. The lowest BCUT2D eigenvalue weighted by Crippen LogP contribution is -2.37. The fourth-order valence-electron chi connectivity index (χ4n) is 5.01. The van der Waals surface area contributed by atoms with Crippen LogP contribution in [0.1, 0.15) is 56.2 Å². The molecular weight excluding hydrogens is 435 g/mol. The molecule has 0 aromatic heterocycles. The number of carbonyl (C=O) groups excluding carboxylic acids is 1. The summed E-state index contributed by atoms with van der Waals surface area (Å²) in [5.74, 6) is 0.468. The van der Waals surface area contributed by atoms with Crippen LogP contribution in [0, 0.1) is 17.7 Å². The van der Waals surface area contributed by atoms with Gasteiger partial charge in [0, 0.05) is 18.8 Å². The molecule has 1 unspecified atom stereocenters. The van der Waals surface area contributed by atoms with Crippen LogP contribution in [0.2, 0.25) is 0 Å². The molecule has 35 heavy (non-hydrogen) atoms. The van der Waals surface area contributed by atoms with Gasteiger partial charge in [-0.05, 0) is 84.8 Å². The minimum absolute atomic E-state index is 0.112. The molecule has 1 heterocycles. The van der Waals surface area contributed by atoms with Gasteiger partial charge in [0.05, 0.1) is 5.57 Å². The fourth-order valence-corrected chi connectivity index (χ4v) is 5.01. The van der Waals surface area contributed by atoms with Crippen molar-refractivity contribution < 1.29 is 9.18 Å². The van der Waals surface area contributed by atoms with Crippen LogP contribution in [0.25, 0.3) is 5.57 Å². The van der Waals surface area contributed by atoms with Crippen LogP contribution >= 0.6 is 0 Å². The van der Waals surface area contributed by atoms with E-state index < -0.39 is 0 Å². The van der Waals surface area contributed by atoms with Gasteiger partial charge in [0.1, 0.15) is 5.82 Å². The van der Waals surface area contributed by atoms with Crippen LogP contribution < -0.4 is 5.73 Å². The van der Waals surface area contributed by atoms with Crippen LogP contribution in [0.3, 0.4) is 0 Å². The summed E-state index contributed by atoms with van der Waals surface area (Å²) >= 11 is 0. The highest BCUT2D eigenvalue weighted by molar-refractivity contribution is 6.09. The van der Waals surface area contributed by atoms with E-state index in [4.69, 9.17) is 5.73 Å². The molecule has 4 heteroatoms. The molecule has 3 nitrogen and oxygen atoms in total. The highest BCUT2D eigenvalue weighted by Crippen LogP contribution is 2.38. The summed E-state index contributed by atoms with van der Waals surface area (Å²) in [6.07, 6.45) is 8.08. The van der Waals surface area contributed by atoms with E-state index >= 15 is 0 Å². The van der Waals surface area contributed by atoms with E-state index in [1.165, 1.54) is 36.1 Å². The molecule has 184 valence electrons. The number of allylic oxidation sites excluding steroid dienone is 2. The van der Waals surface area contributed by atoms with Gasteiger partial charge in [-0.25, -0.2) is 4.39 Å². The first kappa shape index (κ1) is 25.0. The first-order valence-electron chi connectivity index (χ1n) is 12.7. The zero-order valence-corrected chi connectivity index (χ0v) is 21.2. The predicted octanol–water partition coefficient (Wildman–Crippen LogP) is 6.45. The Morgan fingerprint density at radius 1 is 1.09 bits per heavy atom. The zero-order chi connectivity index (χ0) is 25.1. The highest BCUT2D eigenvalue weighted by Gasteiger charge is 2.30. The van der Waals surface area contributed by atoms with Crippen molar-refractivity contribution in [2.45, 2.75) is 58.4 Å². The first-order valence-corrected chi connectivity index (χ1v) is 12.7. The summed E-state index contributed by atoms with van der Waals surface area (Å²) in [6.45, 7) is 8.58. The fraction of sp³-hybridized carbons (Fsp3) is 0.387. The standard InChI is InChI=1S/C31H37FN2O/c1-20(2)17-29-30(31(33)35)28(25-10-5-23(6-11-25)18-21(3)24-12-13-24)19-27(34(29)4)16-9-22-7-14-26(32)15-8-22/h5-8,10-11,14-15,19-20,24,27H,3,9,12-13,16-18H2,1-2,4H3,(H2,33,35). The maximum absolute atomic E-state index is 13.3. The smallest absolute Gasteiger partial charge is 0.251 e. The number of hydrogen-bond acceptors (Lipinski definition) is 2. The molecular formula is C31H37FN2O. The zero-order valence-electron chi connectivity index (χ0n) is 21.2. The number of likely N-dealkylation sites (N-methyl/N-ethyl adjacent to an activating group) is 1. The Labute approximate surface area is 209 Å². The van der Waals surface area contributed by atoms with E-state index in [1.54, 1.807) is 0 Å². The Morgan fingerprint density at radius 2 is 1.71 bits per heavy atom. The normalized spacial score (nSPS) is 18.1. The number of amides is 1. The van der Waals surface area contributed by atoms with E-state index in [0.29, 0.717) is 17.4 Å². The predicted molar refractivity (Wildman–Crippen MR) is 142 cm³/mol. The number of hydrogen-bond donors (Lipinski definition) is 1. The van der Waals surface area contributed by atoms with E-state index in [9.17, 15) is 9.18 Å². The number of carbonyl (C=O) groups is 1. The third-order valence-corrected chi connectivity index (χ3v) is 7.18. The van der Waals surface area contributed by atoms with Crippen LogP contribution in [-0.2, 0) is 17.6 Å². The van der Waals surface area contributed by atoms with Gasteiger partial charge in [0.25, 0.3) is 5.91 Å². The maximum Gasteiger partial charge on any atom is 0.251 e. The molecule has 1 aliphatic heterocycles. The van der Waals surface area contributed by atoms with Crippen molar-refractivity contribution in [2.24, 2.45) is 17.6 Å². The number of nitrogens with two attached hydrogens (primary N) is 1. The molecule has 2 aliphatic rings. The van der Waals surface area contributed by atoms with Gasteiger partial charge in [0.15, 0.2) is 0 Å². The third-order valence-electron chi connectivity index (χ3n) is 7.18. The van der Waals surface area contributed by atoms with Crippen LogP contribution in [0.4, 0.5) is 4.39 Å². The minimum Gasteiger partial charge on any atom is -0.371 e. The number of benzene rings is 2. The largest absolute Gasteiger partial charge is 0.371 e. The molecule has 1 fully saturated rings. The number of halogens is 1. The van der Waals surface area contributed by atoms with Gasteiger partial charge < -0.3 is 10.6 Å². The van der Waals surface area contributed by atoms with Gasteiger partial charge in [-0.2, -0.15) is 0 Å². The number of nitrogens with zero attached hydrogens (tertiary/aromatic N) is 1. The molecule has 1 aliphatic carbocycles. The van der Waals surface area contributed by atoms with Crippen molar-refractivity contribution >= 4 is 11.5 Å². The minimum atomic E-state index is -0.387. The molecule has 0 radical (unpaired) electrons. The third kappa shape index (κ3) is 6.11. The van der Waals surface area contributed by atoms with E-state index in [0.717, 1.165) is 48.1 Å². The molecule has 4 rings (SSSR count). The number of aryl methyl sites for hydroxylation is 1. The molecule has 0 saturated heterocycles. The monoisotopic (exact) mass is 472 g/mol. The van der Waals surface area contributed by atoms with Crippen molar-refractivity contribution in [1.82, 2.24) is 4.90 Å². The molecule has 2 aromatic rings. The Bertz CT molecular complexity index is 1140. The van der Waals surface area contributed by atoms with E-state index in [1.807, 2.05) is 12.1 Å². The van der Waals surface area contributed by atoms with Crippen LogP contribution in [-0.4, -0.2) is 23.9 Å². The molecule has 0 bridgehead atoms. The van der Waals surface area contributed by atoms with Gasteiger partial charge in [-0.15, -0.1) is 0 Å². The van der Waals surface area contributed by atoms with Gasteiger partial charge >= 0.3 is 0 Å². The second-order valence-corrected chi connectivity index (χ2v) is 10.5. The van der Waals surface area contributed by atoms with E-state index in [-0.39, 0.29) is 17.8 Å². The molecule has 1 amide bonds. The molecule has 0 spiro atoms. The number of rotatable bonds is 10. The lowest BCUT2D eigenvalue weighted by atomic mass is 9.85. The summed E-state index contributed by atoms with van der Waals surface area (Å²) in [7, 11) is 2.05. The second kappa shape index (κ2) is 10.6. The van der Waals surface area contributed by atoms with E-state index in [2.05, 4.69) is 62.7 Å². The van der Waals surface area contributed by atoms with Crippen molar-refractivity contribution in [3.05, 3.63) is 101 Å². The average Bonchev–Trinajstić information content (AvgIpc) is 3.66.